The van der Waals surface area contributed by atoms with E-state index in [-0.39, 0.29) is 16.7 Å². The average Bonchev–Trinajstić information content (AvgIpc) is 3.09. The summed E-state index contributed by atoms with van der Waals surface area (Å²) in [6, 6.07) is 6.22. The highest BCUT2D eigenvalue weighted by Crippen LogP contribution is 2.25. The summed E-state index contributed by atoms with van der Waals surface area (Å²) >= 11 is 1.32. The predicted molar refractivity (Wildman–Crippen MR) is 115 cm³/mol. The van der Waals surface area contributed by atoms with E-state index in [1.807, 2.05) is 25.5 Å². The Labute approximate surface area is 181 Å². The number of morpholine rings is 1. The lowest BCUT2D eigenvalue weighted by Crippen LogP contribution is -2.40. The maximum atomic E-state index is 12.7. The van der Waals surface area contributed by atoms with E-state index >= 15 is 0 Å². The fraction of sp³-hybridized carbons (Fsp3) is 0.526. The van der Waals surface area contributed by atoms with Gasteiger partial charge in [0.2, 0.25) is 15.9 Å². The van der Waals surface area contributed by atoms with Gasteiger partial charge in [-0.15, -0.1) is 10.2 Å². The Kier molecular flexibility index (Phi) is 7.17. The Morgan fingerprint density at radius 3 is 2.33 bits per heavy atom. The number of nitrogens with zero attached hydrogens (tertiary/aromatic N) is 4. The molecular formula is C19H27N5O4S2. The number of aromatic nitrogens is 3. The number of nitrogens with one attached hydrogen (secondary N) is 1. The van der Waals surface area contributed by atoms with Gasteiger partial charge >= 0.3 is 0 Å². The van der Waals surface area contributed by atoms with Crippen molar-refractivity contribution in [2.24, 2.45) is 7.05 Å². The molecule has 1 unspecified atom stereocenters. The zero-order valence-electron chi connectivity index (χ0n) is 17.5. The first kappa shape index (κ1) is 22.7. The third-order valence-corrected chi connectivity index (χ3v) is 7.81. The van der Waals surface area contributed by atoms with Crippen molar-refractivity contribution in [2.45, 2.75) is 42.0 Å². The fourth-order valence-corrected chi connectivity index (χ4v) is 5.26. The first-order valence-corrected chi connectivity index (χ1v) is 12.1. The molecular weight excluding hydrogens is 426 g/mol. The van der Waals surface area contributed by atoms with E-state index in [0.717, 1.165) is 5.82 Å². The van der Waals surface area contributed by atoms with Crippen molar-refractivity contribution in [3.05, 3.63) is 30.1 Å². The monoisotopic (exact) mass is 453 g/mol. The van der Waals surface area contributed by atoms with Gasteiger partial charge in [0, 0.05) is 31.7 Å². The highest BCUT2D eigenvalue weighted by atomic mass is 32.2. The first-order chi connectivity index (χ1) is 14.2. The Balaban J connectivity index is 1.62. The molecule has 2 heterocycles. The molecule has 0 spiro atoms. The van der Waals surface area contributed by atoms with Gasteiger partial charge in [-0.1, -0.05) is 25.6 Å². The van der Waals surface area contributed by atoms with Crippen molar-refractivity contribution in [1.29, 1.82) is 0 Å². The van der Waals surface area contributed by atoms with Crippen LogP contribution < -0.4 is 5.32 Å². The third kappa shape index (κ3) is 5.02. The largest absolute Gasteiger partial charge is 0.379 e. The topological polar surface area (TPSA) is 106 Å². The van der Waals surface area contributed by atoms with Gasteiger partial charge in [0.05, 0.1) is 23.4 Å². The summed E-state index contributed by atoms with van der Waals surface area (Å²) < 4.78 is 33.9. The number of sulfonamides is 1. The van der Waals surface area contributed by atoms with Gasteiger partial charge in [0.1, 0.15) is 5.82 Å². The van der Waals surface area contributed by atoms with Crippen molar-refractivity contribution >= 4 is 33.4 Å². The zero-order valence-corrected chi connectivity index (χ0v) is 19.2. The Bertz CT molecular complexity index is 983. The van der Waals surface area contributed by atoms with Gasteiger partial charge in [0.25, 0.3) is 0 Å². The van der Waals surface area contributed by atoms with E-state index in [1.165, 1.54) is 28.2 Å². The molecule has 1 aliphatic rings. The number of ether oxygens (including phenoxy) is 1. The van der Waals surface area contributed by atoms with E-state index in [9.17, 15) is 13.2 Å². The van der Waals surface area contributed by atoms with E-state index in [1.54, 1.807) is 19.1 Å². The number of hydrogen-bond acceptors (Lipinski definition) is 7. The van der Waals surface area contributed by atoms with Crippen LogP contribution in [-0.4, -0.2) is 64.9 Å². The molecule has 1 N–H and O–H groups in total. The summed E-state index contributed by atoms with van der Waals surface area (Å²) in [5.41, 5.74) is 0.536. The Morgan fingerprint density at radius 1 is 1.13 bits per heavy atom. The normalized spacial score (nSPS) is 16.6. The molecule has 2 aromatic rings. The lowest BCUT2D eigenvalue weighted by molar-refractivity contribution is -0.115. The van der Waals surface area contributed by atoms with Gasteiger partial charge in [0.15, 0.2) is 5.16 Å². The molecule has 30 heavy (non-hydrogen) atoms. The summed E-state index contributed by atoms with van der Waals surface area (Å²) in [7, 11) is -1.67. The number of thioether (sulfide) groups is 1. The number of amides is 1. The first-order valence-electron chi connectivity index (χ1n) is 9.75. The zero-order chi connectivity index (χ0) is 21.9. The van der Waals surface area contributed by atoms with Gasteiger partial charge in [-0.3, -0.25) is 4.79 Å². The molecule has 1 aliphatic heterocycles. The standard InChI is InChI=1S/C19H27N5O4S2/c1-13(2)17-21-22-19(23(17)4)29-14(3)18(25)20-15-5-7-16(8-6-15)30(26,27)24-9-11-28-12-10-24/h5-8,13-14H,9-12H2,1-4H3,(H,20,25). The third-order valence-electron chi connectivity index (χ3n) is 4.77. The molecule has 1 atom stereocenters. The molecule has 1 fully saturated rings. The summed E-state index contributed by atoms with van der Waals surface area (Å²) in [6.07, 6.45) is 0. The molecule has 0 bridgehead atoms. The van der Waals surface area contributed by atoms with Crippen LogP contribution in [0.3, 0.4) is 0 Å². The van der Waals surface area contributed by atoms with E-state index in [2.05, 4.69) is 15.5 Å². The van der Waals surface area contributed by atoms with Crippen LogP contribution in [0.2, 0.25) is 0 Å². The van der Waals surface area contributed by atoms with Crippen LogP contribution in [0.1, 0.15) is 32.5 Å². The molecule has 11 heteroatoms. The second-order valence-electron chi connectivity index (χ2n) is 7.34. The van der Waals surface area contributed by atoms with Crippen molar-refractivity contribution in [3.8, 4) is 0 Å². The van der Waals surface area contributed by atoms with Crippen LogP contribution in [0, 0.1) is 0 Å². The Hall–Kier alpha value is -1.95. The number of benzene rings is 1. The smallest absolute Gasteiger partial charge is 0.243 e. The van der Waals surface area contributed by atoms with Gasteiger partial charge in [-0.25, -0.2) is 8.42 Å². The second-order valence-corrected chi connectivity index (χ2v) is 10.6. The Morgan fingerprint density at radius 2 is 1.77 bits per heavy atom. The molecule has 3 rings (SSSR count). The summed E-state index contributed by atoms with van der Waals surface area (Å²) in [5.74, 6) is 0.910. The predicted octanol–water partition coefficient (Wildman–Crippen LogP) is 2.08. The maximum absolute atomic E-state index is 12.7. The lowest BCUT2D eigenvalue weighted by Gasteiger charge is -2.26. The maximum Gasteiger partial charge on any atom is 0.243 e. The lowest BCUT2D eigenvalue weighted by atomic mass is 10.2. The molecule has 1 amide bonds. The molecule has 1 aromatic carbocycles. The summed E-state index contributed by atoms with van der Waals surface area (Å²) in [4.78, 5) is 12.8. The molecule has 1 aromatic heterocycles. The highest BCUT2D eigenvalue weighted by molar-refractivity contribution is 8.00. The number of rotatable bonds is 7. The number of carbonyl (C=O) groups is 1. The van der Waals surface area contributed by atoms with Crippen molar-refractivity contribution < 1.29 is 17.9 Å². The van der Waals surface area contributed by atoms with Crippen molar-refractivity contribution in [2.75, 3.05) is 31.6 Å². The van der Waals surface area contributed by atoms with Crippen LogP contribution in [0.5, 0.6) is 0 Å². The van der Waals surface area contributed by atoms with Crippen LogP contribution in [0.25, 0.3) is 0 Å². The quantitative estimate of drug-likeness (QED) is 0.640. The average molecular weight is 454 g/mol. The van der Waals surface area contributed by atoms with Gasteiger partial charge < -0.3 is 14.6 Å². The van der Waals surface area contributed by atoms with Crippen LogP contribution in [0.4, 0.5) is 5.69 Å². The van der Waals surface area contributed by atoms with Crippen LogP contribution >= 0.6 is 11.8 Å². The molecule has 9 nitrogen and oxygen atoms in total. The van der Waals surface area contributed by atoms with Gasteiger partial charge in [-0.05, 0) is 31.2 Å². The minimum absolute atomic E-state index is 0.196. The minimum atomic E-state index is -3.56. The van der Waals surface area contributed by atoms with E-state index in [0.29, 0.717) is 37.1 Å². The van der Waals surface area contributed by atoms with E-state index < -0.39 is 15.3 Å². The fourth-order valence-electron chi connectivity index (χ4n) is 3.03. The molecule has 0 saturated carbocycles. The molecule has 164 valence electrons. The highest BCUT2D eigenvalue weighted by Gasteiger charge is 2.26. The number of carbonyl (C=O) groups excluding carboxylic acids is 1. The van der Waals surface area contributed by atoms with Crippen molar-refractivity contribution in [1.82, 2.24) is 19.1 Å². The molecule has 0 radical (unpaired) electrons. The molecule has 0 aliphatic carbocycles. The van der Waals surface area contributed by atoms with E-state index in [4.69, 9.17) is 4.74 Å². The SMILES string of the molecule is CC(Sc1nnc(C(C)C)n1C)C(=O)Nc1ccc(S(=O)(=O)N2CCOCC2)cc1. The second kappa shape index (κ2) is 9.46. The number of anilines is 1. The van der Waals surface area contributed by atoms with Crippen LogP contribution in [-0.2, 0) is 26.6 Å². The number of hydrogen-bond donors (Lipinski definition) is 1. The summed E-state index contributed by atoms with van der Waals surface area (Å²) in [6.45, 7) is 7.35. The minimum Gasteiger partial charge on any atom is -0.379 e. The van der Waals surface area contributed by atoms with Crippen LogP contribution in [0.15, 0.2) is 34.3 Å². The molecule has 1 saturated heterocycles. The summed E-state index contributed by atoms with van der Waals surface area (Å²) in [5, 5.41) is 11.4. The van der Waals surface area contributed by atoms with Crippen molar-refractivity contribution in [3.63, 3.8) is 0 Å². The van der Waals surface area contributed by atoms with Gasteiger partial charge in [-0.2, -0.15) is 4.31 Å².